The van der Waals surface area contributed by atoms with Gasteiger partial charge in [-0.15, -0.1) is 0 Å². The average molecular weight is 275 g/mol. The van der Waals surface area contributed by atoms with Crippen LogP contribution in [0.25, 0.3) is 0 Å². The molecule has 0 amide bonds. The van der Waals surface area contributed by atoms with Crippen molar-refractivity contribution in [2.24, 2.45) is 11.7 Å². The summed E-state index contributed by atoms with van der Waals surface area (Å²) in [5.74, 6) is -0.440. The van der Waals surface area contributed by atoms with Crippen molar-refractivity contribution in [1.82, 2.24) is 0 Å². The van der Waals surface area contributed by atoms with Gasteiger partial charge >= 0.3 is 6.18 Å². The predicted octanol–water partition coefficient (Wildman–Crippen LogP) is 1.89. The SMILES string of the molecule is NC1(c2ccccc2C(F)(F)F)COCCC1CO. The van der Waals surface area contributed by atoms with Gasteiger partial charge in [0.05, 0.1) is 17.7 Å². The molecule has 19 heavy (non-hydrogen) atoms. The molecule has 1 fully saturated rings. The average Bonchev–Trinajstić information content (AvgIpc) is 2.38. The summed E-state index contributed by atoms with van der Waals surface area (Å²) < 4.78 is 44.4. The second-order valence-electron chi connectivity index (χ2n) is 4.80. The van der Waals surface area contributed by atoms with E-state index in [0.717, 1.165) is 6.07 Å². The van der Waals surface area contributed by atoms with E-state index in [-0.39, 0.29) is 18.8 Å². The molecule has 0 bridgehead atoms. The lowest BCUT2D eigenvalue weighted by molar-refractivity contribution is -0.140. The monoisotopic (exact) mass is 275 g/mol. The number of alkyl halides is 3. The second-order valence-corrected chi connectivity index (χ2v) is 4.80. The summed E-state index contributed by atoms with van der Waals surface area (Å²) in [6, 6.07) is 5.21. The van der Waals surface area contributed by atoms with Crippen LogP contribution in [0.3, 0.4) is 0 Å². The van der Waals surface area contributed by atoms with Crippen molar-refractivity contribution in [3.05, 3.63) is 35.4 Å². The van der Waals surface area contributed by atoms with Gasteiger partial charge in [0, 0.05) is 19.1 Å². The molecule has 1 aromatic carbocycles. The molecular weight excluding hydrogens is 259 g/mol. The Balaban J connectivity index is 2.50. The number of hydrogen-bond acceptors (Lipinski definition) is 3. The molecule has 1 heterocycles. The number of hydrogen-bond donors (Lipinski definition) is 2. The number of ether oxygens (including phenoxy) is 1. The highest BCUT2D eigenvalue weighted by Crippen LogP contribution is 2.40. The van der Waals surface area contributed by atoms with Crippen LogP contribution < -0.4 is 5.73 Å². The van der Waals surface area contributed by atoms with Gasteiger partial charge in [0.1, 0.15) is 0 Å². The molecule has 106 valence electrons. The van der Waals surface area contributed by atoms with E-state index in [2.05, 4.69) is 0 Å². The van der Waals surface area contributed by atoms with Crippen LogP contribution in [-0.4, -0.2) is 24.9 Å². The summed E-state index contributed by atoms with van der Waals surface area (Å²) >= 11 is 0. The first-order chi connectivity index (χ1) is 8.89. The largest absolute Gasteiger partial charge is 0.416 e. The van der Waals surface area contributed by atoms with Crippen molar-refractivity contribution in [1.29, 1.82) is 0 Å². The van der Waals surface area contributed by atoms with Crippen LogP contribution in [0.4, 0.5) is 13.2 Å². The molecule has 0 aliphatic carbocycles. The minimum atomic E-state index is -4.47. The van der Waals surface area contributed by atoms with E-state index < -0.39 is 23.2 Å². The lowest BCUT2D eigenvalue weighted by Crippen LogP contribution is -2.53. The van der Waals surface area contributed by atoms with E-state index in [0.29, 0.717) is 13.0 Å². The van der Waals surface area contributed by atoms with Crippen molar-refractivity contribution in [3.8, 4) is 0 Å². The van der Waals surface area contributed by atoms with E-state index in [9.17, 15) is 18.3 Å². The molecule has 1 aliphatic heterocycles. The molecule has 3 N–H and O–H groups in total. The summed E-state index contributed by atoms with van der Waals surface area (Å²) in [5.41, 5.74) is 4.07. The van der Waals surface area contributed by atoms with Crippen molar-refractivity contribution < 1.29 is 23.0 Å². The first kappa shape index (κ1) is 14.3. The Hall–Kier alpha value is -1.11. The zero-order chi connectivity index (χ0) is 14.1. The van der Waals surface area contributed by atoms with Crippen molar-refractivity contribution in [2.75, 3.05) is 19.8 Å². The lowest BCUT2D eigenvalue weighted by Gasteiger charge is -2.41. The van der Waals surface area contributed by atoms with Gasteiger partial charge in [-0.05, 0) is 18.1 Å². The molecule has 0 saturated carbocycles. The molecule has 3 nitrogen and oxygen atoms in total. The first-order valence-electron chi connectivity index (χ1n) is 6.04. The van der Waals surface area contributed by atoms with Gasteiger partial charge < -0.3 is 15.6 Å². The summed E-state index contributed by atoms with van der Waals surface area (Å²) in [7, 11) is 0. The summed E-state index contributed by atoms with van der Waals surface area (Å²) in [6.07, 6.45) is -4.03. The maximum atomic E-state index is 13.0. The normalized spacial score (nSPS) is 28.4. The van der Waals surface area contributed by atoms with Crippen LogP contribution in [0, 0.1) is 5.92 Å². The number of nitrogens with two attached hydrogens (primary N) is 1. The number of benzene rings is 1. The molecule has 2 rings (SSSR count). The van der Waals surface area contributed by atoms with Gasteiger partial charge in [0.15, 0.2) is 0 Å². The summed E-state index contributed by atoms with van der Waals surface area (Å²) in [4.78, 5) is 0. The highest BCUT2D eigenvalue weighted by atomic mass is 19.4. The van der Waals surface area contributed by atoms with Crippen molar-refractivity contribution >= 4 is 0 Å². The highest BCUT2D eigenvalue weighted by molar-refractivity contribution is 5.36. The van der Waals surface area contributed by atoms with E-state index in [1.54, 1.807) is 0 Å². The fraction of sp³-hybridized carbons (Fsp3) is 0.538. The molecule has 1 aliphatic rings. The minimum Gasteiger partial charge on any atom is -0.396 e. The van der Waals surface area contributed by atoms with Crippen LogP contribution in [0.5, 0.6) is 0 Å². The predicted molar refractivity (Wildman–Crippen MR) is 63.3 cm³/mol. The Morgan fingerprint density at radius 2 is 2.05 bits per heavy atom. The second kappa shape index (κ2) is 5.11. The number of halogens is 3. The zero-order valence-corrected chi connectivity index (χ0v) is 10.3. The molecule has 0 radical (unpaired) electrons. The maximum absolute atomic E-state index is 13.0. The van der Waals surface area contributed by atoms with Crippen molar-refractivity contribution in [2.45, 2.75) is 18.1 Å². The lowest BCUT2D eigenvalue weighted by atomic mass is 9.75. The Labute approximate surface area is 109 Å². The Bertz CT molecular complexity index is 450. The molecule has 1 aromatic rings. The molecule has 0 spiro atoms. The third-order valence-electron chi connectivity index (χ3n) is 3.63. The minimum absolute atomic E-state index is 0.0127. The van der Waals surface area contributed by atoms with Gasteiger partial charge in [0.2, 0.25) is 0 Å². The topological polar surface area (TPSA) is 55.5 Å². The van der Waals surface area contributed by atoms with Gasteiger partial charge in [-0.3, -0.25) is 0 Å². The van der Waals surface area contributed by atoms with Crippen LogP contribution in [0.2, 0.25) is 0 Å². The third-order valence-corrected chi connectivity index (χ3v) is 3.63. The Kier molecular flexibility index (Phi) is 3.85. The van der Waals surface area contributed by atoms with Crippen LogP contribution >= 0.6 is 0 Å². The Morgan fingerprint density at radius 1 is 1.37 bits per heavy atom. The first-order valence-corrected chi connectivity index (χ1v) is 6.04. The van der Waals surface area contributed by atoms with E-state index in [4.69, 9.17) is 10.5 Å². The van der Waals surface area contributed by atoms with Gasteiger partial charge in [0.25, 0.3) is 0 Å². The Morgan fingerprint density at radius 3 is 2.68 bits per heavy atom. The molecule has 1 saturated heterocycles. The standard InChI is InChI=1S/C13H16F3NO2/c14-13(15,16)11-4-2-1-3-10(11)12(17)8-19-6-5-9(12)7-18/h1-4,9,18H,5-8,17H2. The van der Waals surface area contributed by atoms with E-state index >= 15 is 0 Å². The molecule has 0 aromatic heterocycles. The van der Waals surface area contributed by atoms with E-state index in [1.165, 1.54) is 18.2 Å². The van der Waals surface area contributed by atoms with E-state index in [1.807, 2.05) is 0 Å². The molecular formula is C13H16F3NO2. The zero-order valence-electron chi connectivity index (χ0n) is 10.3. The number of aliphatic hydroxyl groups excluding tert-OH is 1. The quantitative estimate of drug-likeness (QED) is 0.866. The maximum Gasteiger partial charge on any atom is 0.416 e. The fourth-order valence-corrected chi connectivity index (χ4v) is 2.53. The van der Waals surface area contributed by atoms with Crippen LogP contribution in [-0.2, 0) is 16.5 Å². The summed E-state index contributed by atoms with van der Waals surface area (Å²) in [5, 5.41) is 9.36. The molecule has 2 unspecified atom stereocenters. The number of aliphatic hydroxyl groups is 1. The summed E-state index contributed by atoms with van der Waals surface area (Å²) in [6.45, 7) is 0.121. The van der Waals surface area contributed by atoms with Gasteiger partial charge in [-0.2, -0.15) is 13.2 Å². The van der Waals surface area contributed by atoms with Crippen molar-refractivity contribution in [3.63, 3.8) is 0 Å². The van der Waals surface area contributed by atoms with Crippen LogP contribution in [0.15, 0.2) is 24.3 Å². The van der Waals surface area contributed by atoms with Gasteiger partial charge in [-0.1, -0.05) is 18.2 Å². The van der Waals surface area contributed by atoms with Gasteiger partial charge in [-0.25, -0.2) is 0 Å². The fourth-order valence-electron chi connectivity index (χ4n) is 2.53. The third kappa shape index (κ3) is 2.61. The van der Waals surface area contributed by atoms with Crippen LogP contribution in [0.1, 0.15) is 17.5 Å². The highest BCUT2D eigenvalue weighted by Gasteiger charge is 2.45. The number of rotatable bonds is 2. The smallest absolute Gasteiger partial charge is 0.396 e. The molecule has 2 atom stereocenters. The molecule has 6 heteroatoms.